The Kier molecular flexibility index (Phi) is 8.98. The molecular weight excluding hydrogens is 264 g/mol. The molecular formula is C14H24O6. The predicted molar refractivity (Wildman–Crippen MR) is 71.2 cm³/mol. The minimum absolute atomic E-state index is 0.133. The van der Waals surface area contributed by atoms with Gasteiger partial charge < -0.3 is 18.9 Å². The molecule has 1 atom stereocenters. The molecule has 1 rings (SSSR count). The summed E-state index contributed by atoms with van der Waals surface area (Å²) in [6.45, 7) is 4.27. The molecule has 0 aromatic rings. The van der Waals surface area contributed by atoms with Gasteiger partial charge >= 0.3 is 11.9 Å². The lowest BCUT2D eigenvalue weighted by molar-refractivity contribution is -0.156. The average molecular weight is 288 g/mol. The number of carbonyl (C=O) groups is 2. The van der Waals surface area contributed by atoms with Crippen LogP contribution in [-0.2, 0) is 28.5 Å². The van der Waals surface area contributed by atoms with E-state index in [4.69, 9.17) is 18.9 Å². The molecule has 0 amide bonds. The topological polar surface area (TPSA) is 71.1 Å². The van der Waals surface area contributed by atoms with E-state index in [-0.39, 0.29) is 31.1 Å². The summed E-state index contributed by atoms with van der Waals surface area (Å²) in [5.41, 5.74) is 0. The molecule has 0 spiro atoms. The van der Waals surface area contributed by atoms with Crippen molar-refractivity contribution in [2.24, 2.45) is 0 Å². The molecule has 1 heterocycles. The van der Waals surface area contributed by atoms with E-state index in [1.807, 2.05) is 6.92 Å². The third-order valence-corrected chi connectivity index (χ3v) is 2.94. The number of carbonyl (C=O) groups excluding carboxylic acids is 2. The number of ether oxygens (including phenoxy) is 4. The van der Waals surface area contributed by atoms with E-state index in [1.165, 1.54) is 0 Å². The van der Waals surface area contributed by atoms with E-state index in [0.29, 0.717) is 39.3 Å². The highest BCUT2D eigenvalue weighted by molar-refractivity contribution is 5.71. The first-order valence-electron chi connectivity index (χ1n) is 7.23. The molecule has 0 radical (unpaired) electrons. The standard InChI is InChI=1S/C14H24O6/c1-2-17-8-9-18-10-11-19-13(15)7-6-12-4-3-5-14(16)20-12/h12H,2-11H2,1H3. The molecule has 6 heteroatoms. The first-order chi connectivity index (χ1) is 9.72. The maximum atomic E-state index is 11.5. The minimum Gasteiger partial charge on any atom is -0.463 e. The molecule has 6 nitrogen and oxygen atoms in total. The summed E-state index contributed by atoms with van der Waals surface area (Å²) in [7, 11) is 0. The van der Waals surface area contributed by atoms with Crippen molar-refractivity contribution >= 4 is 11.9 Å². The second-order valence-corrected chi connectivity index (χ2v) is 4.57. The molecule has 0 aromatic heterocycles. The van der Waals surface area contributed by atoms with E-state index >= 15 is 0 Å². The fraction of sp³-hybridized carbons (Fsp3) is 0.857. The van der Waals surface area contributed by atoms with Crippen LogP contribution >= 0.6 is 0 Å². The van der Waals surface area contributed by atoms with Crippen molar-refractivity contribution in [2.75, 3.05) is 33.0 Å². The Morgan fingerprint density at radius 3 is 2.75 bits per heavy atom. The van der Waals surface area contributed by atoms with Gasteiger partial charge in [-0.25, -0.2) is 0 Å². The molecule has 0 saturated carbocycles. The highest BCUT2D eigenvalue weighted by Gasteiger charge is 2.21. The van der Waals surface area contributed by atoms with Gasteiger partial charge in [-0.15, -0.1) is 0 Å². The number of rotatable bonds is 10. The van der Waals surface area contributed by atoms with Crippen molar-refractivity contribution in [3.05, 3.63) is 0 Å². The van der Waals surface area contributed by atoms with Gasteiger partial charge in [0.2, 0.25) is 0 Å². The van der Waals surface area contributed by atoms with Gasteiger partial charge in [-0.3, -0.25) is 9.59 Å². The van der Waals surface area contributed by atoms with Crippen LogP contribution in [0.1, 0.15) is 39.0 Å². The Hall–Kier alpha value is -1.14. The molecule has 1 unspecified atom stereocenters. The summed E-state index contributed by atoms with van der Waals surface area (Å²) in [6, 6.07) is 0. The van der Waals surface area contributed by atoms with Crippen molar-refractivity contribution in [1.29, 1.82) is 0 Å². The lowest BCUT2D eigenvalue weighted by atomic mass is 10.0. The van der Waals surface area contributed by atoms with Crippen molar-refractivity contribution in [3.63, 3.8) is 0 Å². The van der Waals surface area contributed by atoms with Crippen LogP contribution in [0.25, 0.3) is 0 Å². The molecule has 1 fully saturated rings. The minimum atomic E-state index is -0.278. The third kappa shape index (κ3) is 8.12. The molecule has 0 bridgehead atoms. The van der Waals surface area contributed by atoms with Gasteiger partial charge in [0.1, 0.15) is 12.7 Å². The van der Waals surface area contributed by atoms with Gasteiger partial charge in [0.25, 0.3) is 0 Å². The van der Waals surface area contributed by atoms with Crippen LogP contribution in [0.5, 0.6) is 0 Å². The molecule has 1 saturated heterocycles. The highest BCUT2D eigenvalue weighted by atomic mass is 16.6. The van der Waals surface area contributed by atoms with Gasteiger partial charge in [-0.05, 0) is 26.2 Å². The Bertz CT molecular complexity index is 291. The molecule has 0 N–H and O–H groups in total. The van der Waals surface area contributed by atoms with Gasteiger partial charge in [0.05, 0.1) is 19.8 Å². The second-order valence-electron chi connectivity index (χ2n) is 4.57. The predicted octanol–water partition coefficient (Wildman–Crippen LogP) is 1.46. The quantitative estimate of drug-likeness (QED) is 0.448. The monoisotopic (exact) mass is 288 g/mol. The fourth-order valence-corrected chi connectivity index (χ4v) is 1.91. The van der Waals surface area contributed by atoms with Crippen molar-refractivity contribution < 1.29 is 28.5 Å². The van der Waals surface area contributed by atoms with Crippen LogP contribution in [0.2, 0.25) is 0 Å². The summed E-state index contributed by atoms with van der Waals surface area (Å²) < 4.78 is 20.5. The van der Waals surface area contributed by atoms with Crippen molar-refractivity contribution in [1.82, 2.24) is 0 Å². The summed E-state index contributed by atoms with van der Waals surface area (Å²) in [5.74, 6) is -0.447. The van der Waals surface area contributed by atoms with Crippen LogP contribution in [0.4, 0.5) is 0 Å². The Morgan fingerprint density at radius 2 is 2.00 bits per heavy atom. The largest absolute Gasteiger partial charge is 0.463 e. The van der Waals surface area contributed by atoms with E-state index in [2.05, 4.69) is 0 Å². The first kappa shape index (κ1) is 16.9. The van der Waals surface area contributed by atoms with Crippen LogP contribution in [-0.4, -0.2) is 51.1 Å². The first-order valence-corrected chi connectivity index (χ1v) is 7.23. The average Bonchev–Trinajstić information content (AvgIpc) is 2.44. The Labute approximate surface area is 119 Å². The van der Waals surface area contributed by atoms with E-state index in [1.54, 1.807) is 0 Å². The molecule has 1 aliphatic heterocycles. The zero-order valence-corrected chi connectivity index (χ0v) is 12.1. The number of hydrogen-bond acceptors (Lipinski definition) is 6. The number of cyclic esters (lactones) is 1. The van der Waals surface area contributed by atoms with Gasteiger partial charge in [0, 0.05) is 19.4 Å². The second kappa shape index (κ2) is 10.6. The summed E-state index contributed by atoms with van der Waals surface area (Å²) >= 11 is 0. The third-order valence-electron chi connectivity index (χ3n) is 2.94. The molecule has 116 valence electrons. The molecule has 0 aromatic carbocycles. The number of esters is 2. The molecule has 20 heavy (non-hydrogen) atoms. The summed E-state index contributed by atoms with van der Waals surface area (Å²) in [6.07, 6.45) is 2.84. The summed E-state index contributed by atoms with van der Waals surface area (Å²) in [5, 5.41) is 0. The fourth-order valence-electron chi connectivity index (χ4n) is 1.91. The Balaban J connectivity index is 1.93. The molecule has 1 aliphatic rings. The van der Waals surface area contributed by atoms with Crippen LogP contribution in [0.3, 0.4) is 0 Å². The van der Waals surface area contributed by atoms with Crippen LogP contribution in [0, 0.1) is 0 Å². The van der Waals surface area contributed by atoms with Gasteiger partial charge in [-0.2, -0.15) is 0 Å². The Morgan fingerprint density at radius 1 is 1.25 bits per heavy atom. The zero-order chi connectivity index (χ0) is 14.6. The van der Waals surface area contributed by atoms with Gasteiger partial charge in [-0.1, -0.05) is 0 Å². The molecule has 0 aliphatic carbocycles. The van der Waals surface area contributed by atoms with E-state index in [0.717, 1.165) is 12.8 Å². The van der Waals surface area contributed by atoms with Crippen LogP contribution < -0.4 is 0 Å². The van der Waals surface area contributed by atoms with Crippen LogP contribution in [0.15, 0.2) is 0 Å². The highest BCUT2D eigenvalue weighted by Crippen LogP contribution is 2.18. The van der Waals surface area contributed by atoms with Crippen molar-refractivity contribution in [2.45, 2.75) is 45.1 Å². The zero-order valence-electron chi connectivity index (χ0n) is 12.1. The van der Waals surface area contributed by atoms with Gasteiger partial charge in [0.15, 0.2) is 0 Å². The maximum absolute atomic E-state index is 11.5. The lowest BCUT2D eigenvalue weighted by Crippen LogP contribution is -2.24. The maximum Gasteiger partial charge on any atom is 0.306 e. The van der Waals surface area contributed by atoms with E-state index in [9.17, 15) is 9.59 Å². The lowest BCUT2D eigenvalue weighted by Gasteiger charge is -2.21. The number of hydrogen-bond donors (Lipinski definition) is 0. The van der Waals surface area contributed by atoms with E-state index < -0.39 is 0 Å². The summed E-state index contributed by atoms with van der Waals surface area (Å²) in [4.78, 5) is 22.5. The normalized spacial score (nSPS) is 18.6. The SMILES string of the molecule is CCOCCOCCOC(=O)CCC1CCCC(=O)O1. The van der Waals surface area contributed by atoms with Crippen molar-refractivity contribution in [3.8, 4) is 0 Å². The smallest absolute Gasteiger partial charge is 0.306 e.